The summed E-state index contributed by atoms with van der Waals surface area (Å²) in [6, 6.07) is 3.30. The van der Waals surface area contributed by atoms with Crippen LogP contribution >= 0.6 is 35.3 Å². The number of aliphatic imine (C=N–C) groups is 1. The summed E-state index contributed by atoms with van der Waals surface area (Å²) in [6.07, 6.45) is 4.69. The Labute approximate surface area is 195 Å². The van der Waals surface area contributed by atoms with Gasteiger partial charge in [-0.1, -0.05) is 12.5 Å². The Kier molecular flexibility index (Phi) is 12.7. The zero-order valence-corrected chi connectivity index (χ0v) is 20.8. The molecule has 0 aliphatic carbocycles. The molecule has 0 atom stereocenters. The van der Waals surface area contributed by atoms with Gasteiger partial charge in [0.15, 0.2) is 5.96 Å². The molecular weight excluding hydrogens is 525 g/mol. The molecule has 1 fully saturated rings. The van der Waals surface area contributed by atoms with Gasteiger partial charge in [-0.25, -0.2) is 13.1 Å². The summed E-state index contributed by atoms with van der Waals surface area (Å²) in [5.74, 6) is 0.907. The Hall–Kier alpha value is -0.920. The van der Waals surface area contributed by atoms with Crippen LogP contribution < -0.4 is 15.4 Å². The highest BCUT2D eigenvalue weighted by Gasteiger charge is 2.16. The van der Waals surface area contributed by atoms with Crippen molar-refractivity contribution in [3.05, 3.63) is 17.5 Å². The summed E-state index contributed by atoms with van der Waals surface area (Å²) in [5.41, 5.74) is 0. The minimum absolute atomic E-state index is 0. The lowest BCUT2D eigenvalue weighted by Crippen LogP contribution is -2.41. The minimum Gasteiger partial charge on any atom is -0.357 e. The van der Waals surface area contributed by atoms with Gasteiger partial charge in [0.1, 0.15) is 4.21 Å². The van der Waals surface area contributed by atoms with Gasteiger partial charge in [0.05, 0.1) is 0 Å². The summed E-state index contributed by atoms with van der Waals surface area (Å²) in [5, 5.41) is 8.02. The summed E-state index contributed by atoms with van der Waals surface area (Å²) in [6.45, 7) is 5.60. The van der Waals surface area contributed by atoms with E-state index in [1.807, 2.05) is 11.8 Å². The molecule has 8 nitrogen and oxygen atoms in total. The van der Waals surface area contributed by atoms with Crippen molar-refractivity contribution in [2.45, 2.75) is 43.2 Å². The fourth-order valence-electron chi connectivity index (χ4n) is 2.92. The lowest BCUT2D eigenvalue weighted by Gasteiger charge is -2.20. The lowest BCUT2D eigenvalue weighted by molar-refractivity contribution is -0.130. The Balaban J connectivity index is 0.00000420. The van der Waals surface area contributed by atoms with E-state index in [2.05, 4.69) is 20.3 Å². The van der Waals surface area contributed by atoms with Crippen LogP contribution in [0.3, 0.4) is 0 Å². The van der Waals surface area contributed by atoms with Gasteiger partial charge in [-0.2, -0.15) is 0 Å². The van der Waals surface area contributed by atoms with Gasteiger partial charge >= 0.3 is 0 Å². The van der Waals surface area contributed by atoms with Crippen LogP contribution in [0.2, 0.25) is 0 Å². The number of rotatable bonds is 10. The predicted octanol–water partition coefficient (Wildman–Crippen LogP) is 1.99. The Morgan fingerprint density at radius 2 is 2.07 bits per heavy atom. The Morgan fingerprint density at radius 1 is 1.24 bits per heavy atom. The number of carbonyl (C=O) groups is 1. The molecule has 2 heterocycles. The number of nitrogens with one attached hydrogen (secondary N) is 3. The average Bonchev–Trinajstić information content (AvgIpc) is 3.14. The standard InChI is InChI=1S/C18H31N5O3S2.HI/c1-2-19-18(20-10-7-14-23-13-5-3-4-8-16(23)24)21-11-12-22-28(25,26)17-9-6-15-27-17;/h6,9,15,22H,2-5,7-8,10-14H2,1H3,(H2,19,20,21);1H. The van der Waals surface area contributed by atoms with Crippen LogP contribution in [-0.2, 0) is 14.8 Å². The molecule has 0 spiro atoms. The average molecular weight is 558 g/mol. The van der Waals surface area contributed by atoms with Gasteiger partial charge in [0.25, 0.3) is 0 Å². The zero-order valence-electron chi connectivity index (χ0n) is 16.9. The Bertz CT molecular complexity index is 726. The number of amides is 1. The number of halogens is 1. The second-order valence-corrected chi connectivity index (χ2v) is 9.50. The van der Waals surface area contributed by atoms with Crippen molar-refractivity contribution >= 4 is 57.2 Å². The maximum Gasteiger partial charge on any atom is 0.250 e. The van der Waals surface area contributed by atoms with Crippen LogP contribution in [0.25, 0.3) is 0 Å². The van der Waals surface area contributed by atoms with Crippen molar-refractivity contribution in [1.29, 1.82) is 0 Å². The second kappa shape index (κ2) is 14.1. The topological polar surface area (TPSA) is 103 Å². The molecule has 0 saturated carbocycles. The summed E-state index contributed by atoms with van der Waals surface area (Å²) >= 11 is 1.19. The molecule has 1 saturated heterocycles. The third-order valence-corrected chi connectivity index (χ3v) is 7.20. The van der Waals surface area contributed by atoms with E-state index in [1.54, 1.807) is 17.5 Å². The summed E-state index contributed by atoms with van der Waals surface area (Å²) in [7, 11) is -3.44. The molecular formula is C18H32IN5O3S2. The van der Waals surface area contributed by atoms with E-state index in [0.29, 0.717) is 29.7 Å². The largest absolute Gasteiger partial charge is 0.357 e. The number of hydrogen-bond acceptors (Lipinski definition) is 5. The van der Waals surface area contributed by atoms with Gasteiger partial charge in [-0.3, -0.25) is 9.79 Å². The van der Waals surface area contributed by atoms with Crippen molar-refractivity contribution in [3.8, 4) is 0 Å². The van der Waals surface area contributed by atoms with Crippen LogP contribution in [-0.4, -0.2) is 64.5 Å². The van der Waals surface area contributed by atoms with Crippen LogP contribution in [0.5, 0.6) is 0 Å². The van der Waals surface area contributed by atoms with E-state index >= 15 is 0 Å². The van der Waals surface area contributed by atoms with Crippen molar-refractivity contribution in [3.63, 3.8) is 0 Å². The van der Waals surface area contributed by atoms with Crippen molar-refractivity contribution in [2.24, 2.45) is 4.99 Å². The van der Waals surface area contributed by atoms with Gasteiger partial charge in [-0.05, 0) is 37.6 Å². The number of sulfonamides is 1. The van der Waals surface area contributed by atoms with E-state index in [-0.39, 0.29) is 36.4 Å². The van der Waals surface area contributed by atoms with Gasteiger partial charge in [0, 0.05) is 45.7 Å². The highest BCUT2D eigenvalue weighted by Crippen LogP contribution is 2.14. The first kappa shape index (κ1) is 26.1. The van der Waals surface area contributed by atoms with Gasteiger partial charge in [0.2, 0.25) is 15.9 Å². The van der Waals surface area contributed by atoms with Crippen LogP contribution in [0.4, 0.5) is 0 Å². The molecule has 29 heavy (non-hydrogen) atoms. The zero-order chi connectivity index (χ0) is 20.2. The van der Waals surface area contributed by atoms with Gasteiger partial charge < -0.3 is 15.5 Å². The molecule has 1 aromatic heterocycles. The van der Waals surface area contributed by atoms with E-state index < -0.39 is 10.0 Å². The second-order valence-electron chi connectivity index (χ2n) is 6.56. The molecule has 1 amide bonds. The monoisotopic (exact) mass is 557 g/mol. The number of likely N-dealkylation sites (tertiary alicyclic amines) is 1. The molecule has 3 N–H and O–H groups in total. The molecule has 0 bridgehead atoms. The third-order valence-electron chi connectivity index (χ3n) is 4.34. The summed E-state index contributed by atoms with van der Waals surface area (Å²) < 4.78 is 27.0. The van der Waals surface area contributed by atoms with Crippen molar-refractivity contribution < 1.29 is 13.2 Å². The third kappa shape index (κ3) is 9.62. The molecule has 0 aromatic carbocycles. The number of guanidine groups is 1. The minimum atomic E-state index is -3.44. The normalized spacial score (nSPS) is 15.6. The maximum atomic E-state index is 12.1. The lowest BCUT2D eigenvalue weighted by atomic mass is 10.2. The van der Waals surface area contributed by atoms with E-state index in [4.69, 9.17) is 0 Å². The van der Waals surface area contributed by atoms with Crippen LogP contribution in [0.15, 0.2) is 26.7 Å². The van der Waals surface area contributed by atoms with Crippen LogP contribution in [0.1, 0.15) is 39.0 Å². The Morgan fingerprint density at radius 3 is 2.79 bits per heavy atom. The fraction of sp³-hybridized carbons (Fsp3) is 0.667. The molecule has 166 valence electrons. The van der Waals surface area contributed by atoms with Crippen molar-refractivity contribution in [1.82, 2.24) is 20.3 Å². The quantitative estimate of drug-likeness (QED) is 0.177. The van der Waals surface area contributed by atoms with Crippen LogP contribution in [0, 0.1) is 0 Å². The SMILES string of the molecule is CCNC(=NCCCN1CCCCCC1=O)NCCNS(=O)(=O)c1cccs1.I. The number of nitrogens with zero attached hydrogens (tertiary/aromatic N) is 2. The van der Waals surface area contributed by atoms with Crippen molar-refractivity contribution in [2.75, 3.05) is 39.3 Å². The molecule has 0 unspecified atom stereocenters. The fourth-order valence-corrected chi connectivity index (χ4v) is 4.99. The number of hydrogen-bond donors (Lipinski definition) is 3. The first-order valence-electron chi connectivity index (χ1n) is 9.86. The van der Waals surface area contributed by atoms with E-state index in [9.17, 15) is 13.2 Å². The smallest absolute Gasteiger partial charge is 0.250 e. The molecule has 1 aliphatic rings. The molecule has 1 aromatic rings. The van der Waals surface area contributed by atoms with Gasteiger partial charge in [-0.15, -0.1) is 35.3 Å². The molecule has 0 radical (unpaired) electrons. The van der Waals surface area contributed by atoms with E-state index in [0.717, 1.165) is 45.3 Å². The summed E-state index contributed by atoms with van der Waals surface area (Å²) in [4.78, 5) is 18.5. The number of carbonyl (C=O) groups excluding carboxylic acids is 1. The number of thiophene rings is 1. The highest BCUT2D eigenvalue weighted by molar-refractivity contribution is 14.0. The first-order valence-corrected chi connectivity index (χ1v) is 12.2. The highest BCUT2D eigenvalue weighted by atomic mass is 127. The molecule has 11 heteroatoms. The molecule has 1 aliphatic heterocycles. The maximum absolute atomic E-state index is 12.1. The predicted molar refractivity (Wildman–Crippen MR) is 129 cm³/mol. The molecule has 2 rings (SSSR count). The first-order chi connectivity index (χ1) is 13.5. The van der Waals surface area contributed by atoms with E-state index in [1.165, 1.54) is 11.3 Å².